The van der Waals surface area contributed by atoms with E-state index in [4.69, 9.17) is 0 Å². The molecule has 0 aliphatic rings. The molecule has 1 amide bonds. The molecule has 0 spiro atoms. The van der Waals surface area contributed by atoms with E-state index in [2.05, 4.69) is 29.5 Å². The molecule has 0 radical (unpaired) electrons. The van der Waals surface area contributed by atoms with Crippen LogP contribution in [0.4, 0.5) is 0 Å². The average Bonchev–Trinajstić information content (AvgIpc) is 3.12. The van der Waals surface area contributed by atoms with Crippen LogP contribution in [0, 0.1) is 5.92 Å². The fourth-order valence-electron chi connectivity index (χ4n) is 2.74. The van der Waals surface area contributed by atoms with Crippen LogP contribution >= 0.6 is 0 Å². The van der Waals surface area contributed by atoms with Gasteiger partial charge in [-0.05, 0) is 30.0 Å². The van der Waals surface area contributed by atoms with Crippen LogP contribution in [0.5, 0.6) is 0 Å². The van der Waals surface area contributed by atoms with E-state index < -0.39 is 0 Å². The van der Waals surface area contributed by atoms with Crippen molar-refractivity contribution in [3.05, 3.63) is 78.1 Å². The number of nitrogens with one attached hydrogen (secondary N) is 1. The number of rotatable bonds is 6. The quantitative estimate of drug-likeness (QED) is 0.746. The first kappa shape index (κ1) is 16.9. The van der Waals surface area contributed by atoms with E-state index in [9.17, 15) is 4.79 Å². The minimum Gasteiger partial charge on any atom is -0.344 e. The summed E-state index contributed by atoms with van der Waals surface area (Å²) in [7, 11) is 0. The van der Waals surface area contributed by atoms with Gasteiger partial charge in [0.2, 0.25) is 0 Å². The molecule has 0 aliphatic heterocycles. The first-order valence-electron chi connectivity index (χ1n) is 8.47. The van der Waals surface area contributed by atoms with E-state index in [1.807, 2.05) is 60.7 Å². The van der Waals surface area contributed by atoms with Gasteiger partial charge in [0.05, 0.1) is 17.9 Å². The molecule has 5 nitrogen and oxygen atoms in total. The van der Waals surface area contributed by atoms with Crippen LogP contribution in [0.25, 0.3) is 5.69 Å². The fraction of sp³-hybridized carbons (Fsp3) is 0.250. The molecule has 0 saturated carbocycles. The number of amides is 1. The zero-order chi connectivity index (χ0) is 17.6. The maximum atomic E-state index is 12.6. The lowest BCUT2D eigenvalue weighted by atomic mass is 9.97. The van der Waals surface area contributed by atoms with Crippen molar-refractivity contribution >= 4 is 5.91 Å². The second kappa shape index (κ2) is 7.75. The predicted octanol–water partition coefficient (Wildman–Crippen LogP) is 3.78. The van der Waals surface area contributed by atoms with Crippen LogP contribution in [0.1, 0.15) is 42.4 Å². The van der Waals surface area contributed by atoms with Crippen LogP contribution in [-0.2, 0) is 0 Å². The molecule has 0 saturated heterocycles. The van der Waals surface area contributed by atoms with Crippen molar-refractivity contribution in [2.75, 3.05) is 0 Å². The van der Waals surface area contributed by atoms with E-state index >= 15 is 0 Å². The fourth-order valence-corrected chi connectivity index (χ4v) is 2.74. The smallest absolute Gasteiger partial charge is 0.273 e. The standard InChI is InChI=1S/C20H22N4O/c1-15(2)13-18(16-9-5-3-6-10-16)21-20(25)19-14-24(23-22-19)17-11-7-4-8-12-17/h3-12,14-15,18H,13H2,1-2H3,(H,21,25). The Bertz CT molecular complexity index is 812. The summed E-state index contributed by atoms with van der Waals surface area (Å²) in [6, 6.07) is 19.6. The Morgan fingerprint density at radius 2 is 1.68 bits per heavy atom. The summed E-state index contributed by atoms with van der Waals surface area (Å²) >= 11 is 0. The number of nitrogens with zero attached hydrogens (tertiary/aromatic N) is 3. The first-order valence-corrected chi connectivity index (χ1v) is 8.47. The molecule has 3 rings (SSSR count). The highest BCUT2D eigenvalue weighted by atomic mass is 16.2. The first-order chi connectivity index (χ1) is 12.1. The largest absolute Gasteiger partial charge is 0.344 e. The number of aromatic nitrogens is 3. The van der Waals surface area contributed by atoms with Gasteiger partial charge in [-0.1, -0.05) is 67.6 Å². The second-order valence-electron chi connectivity index (χ2n) is 6.45. The third-order valence-corrected chi connectivity index (χ3v) is 3.96. The SMILES string of the molecule is CC(C)CC(NC(=O)c1cn(-c2ccccc2)nn1)c1ccccc1. The summed E-state index contributed by atoms with van der Waals surface area (Å²) < 4.78 is 1.61. The number of hydrogen-bond donors (Lipinski definition) is 1. The van der Waals surface area contributed by atoms with E-state index in [0.29, 0.717) is 11.6 Å². The Kier molecular flexibility index (Phi) is 5.23. The predicted molar refractivity (Wildman–Crippen MR) is 97.5 cm³/mol. The summed E-state index contributed by atoms with van der Waals surface area (Å²) in [5.41, 5.74) is 2.28. The Morgan fingerprint density at radius 1 is 1.04 bits per heavy atom. The molecule has 25 heavy (non-hydrogen) atoms. The molecule has 128 valence electrons. The molecule has 1 heterocycles. The van der Waals surface area contributed by atoms with Gasteiger partial charge in [-0.25, -0.2) is 4.68 Å². The molecule has 1 N–H and O–H groups in total. The molecule has 0 aliphatic carbocycles. The van der Waals surface area contributed by atoms with E-state index in [1.165, 1.54) is 0 Å². The number of hydrogen-bond acceptors (Lipinski definition) is 3. The Morgan fingerprint density at radius 3 is 2.32 bits per heavy atom. The maximum Gasteiger partial charge on any atom is 0.273 e. The Balaban J connectivity index is 1.77. The van der Waals surface area contributed by atoms with Gasteiger partial charge >= 0.3 is 0 Å². The lowest BCUT2D eigenvalue weighted by Gasteiger charge is -2.20. The van der Waals surface area contributed by atoms with Gasteiger partial charge in [-0.15, -0.1) is 5.10 Å². The van der Waals surface area contributed by atoms with Crippen molar-refractivity contribution in [1.29, 1.82) is 0 Å². The van der Waals surface area contributed by atoms with Crippen LogP contribution in [0.2, 0.25) is 0 Å². The van der Waals surface area contributed by atoms with Crippen molar-refractivity contribution in [2.24, 2.45) is 5.92 Å². The Labute approximate surface area is 147 Å². The van der Waals surface area contributed by atoms with Crippen molar-refractivity contribution < 1.29 is 4.79 Å². The molecule has 1 unspecified atom stereocenters. The summed E-state index contributed by atoms with van der Waals surface area (Å²) in [5.74, 6) is 0.252. The molecular formula is C20H22N4O. The number of para-hydroxylation sites is 1. The van der Waals surface area contributed by atoms with Crippen LogP contribution < -0.4 is 5.32 Å². The second-order valence-corrected chi connectivity index (χ2v) is 6.45. The van der Waals surface area contributed by atoms with E-state index in [1.54, 1.807) is 10.9 Å². The molecule has 1 atom stereocenters. The van der Waals surface area contributed by atoms with Gasteiger partial charge in [0.25, 0.3) is 5.91 Å². The summed E-state index contributed by atoms with van der Waals surface area (Å²) in [6.45, 7) is 4.29. The molecule has 5 heteroatoms. The molecule has 2 aromatic carbocycles. The number of carbonyl (C=O) groups is 1. The van der Waals surface area contributed by atoms with Crippen LogP contribution in [-0.4, -0.2) is 20.9 Å². The van der Waals surface area contributed by atoms with E-state index in [0.717, 1.165) is 17.7 Å². The zero-order valence-electron chi connectivity index (χ0n) is 14.5. The topological polar surface area (TPSA) is 59.8 Å². The lowest BCUT2D eigenvalue weighted by molar-refractivity contribution is 0.0927. The van der Waals surface area contributed by atoms with Gasteiger partial charge in [0.15, 0.2) is 5.69 Å². The third-order valence-electron chi connectivity index (χ3n) is 3.96. The van der Waals surface area contributed by atoms with Crippen LogP contribution in [0.3, 0.4) is 0 Å². The highest BCUT2D eigenvalue weighted by Gasteiger charge is 2.19. The summed E-state index contributed by atoms with van der Waals surface area (Å²) in [6.07, 6.45) is 2.52. The van der Waals surface area contributed by atoms with Gasteiger partial charge in [0.1, 0.15) is 0 Å². The monoisotopic (exact) mass is 334 g/mol. The van der Waals surface area contributed by atoms with Crippen molar-refractivity contribution in [3.8, 4) is 5.69 Å². The normalized spacial score (nSPS) is 12.1. The highest BCUT2D eigenvalue weighted by Crippen LogP contribution is 2.21. The third kappa shape index (κ3) is 4.32. The highest BCUT2D eigenvalue weighted by molar-refractivity contribution is 5.92. The lowest BCUT2D eigenvalue weighted by Crippen LogP contribution is -2.29. The number of benzene rings is 2. The molecule has 0 bridgehead atoms. The van der Waals surface area contributed by atoms with Gasteiger partial charge in [-0.2, -0.15) is 0 Å². The Hall–Kier alpha value is -2.95. The summed E-state index contributed by atoms with van der Waals surface area (Å²) in [5, 5.41) is 11.2. The zero-order valence-corrected chi connectivity index (χ0v) is 14.5. The minimum atomic E-state index is -0.211. The van der Waals surface area contributed by atoms with Gasteiger partial charge < -0.3 is 5.32 Å². The molecule has 0 fully saturated rings. The van der Waals surface area contributed by atoms with Crippen molar-refractivity contribution in [3.63, 3.8) is 0 Å². The maximum absolute atomic E-state index is 12.6. The van der Waals surface area contributed by atoms with Crippen molar-refractivity contribution in [2.45, 2.75) is 26.3 Å². The molecule has 1 aromatic heterocycles. The number of carbonyl (C=O) groups excluding carboxylic acids is 1. The van der Waals surface area contributed by atoms with E-state index in [-0.39, 0.29) is 11.9 Å². The average molecular weight is 334 g/mol. The summed E-state index contributed by atoms with van der Waals surface area (Å²) in [4.78, 5) is 12.6. The minimum absolute atomic E-state index is 0.0458. The van der Waals surface area contributed by atoms with Crippen LogP contribution in [0.15, 0.2) is 66.9 Å². The molecule has 3 aromatic rings. The van der Waals surface area contributed by atoms with Crippen molar-refractivity contribution in [1.82, 2.24) is 20.3 Å². The molecular weight excluding hydrogens is 312 g/mol. The van der Waals surface area contributed by atoms with Gasteiger partial charge in [0, 0.05) is 0 Å². The van der Waals surface area contributed by atoms with Gasteiger partial charge in [-0.3, -0.25) is 4.79 Å².